The SMILES string of the molecule is c1ccc(-c2ccc(-c3nc(-c4ccccc4)nc(-c4ccc5c(c4)oc4ccc(-c6ccc(-c7ccccc7)c7oc8ccccc8c67)cc45)n3)cc2)cc1. The van der Waals surface area contributed by atoms with Gasteiger partial charge in [-0.05, 0) is 64.2 Å². The molecule has 0 aliphatic heterocycles. The van der Waals surface area contributed by atoms with Gasteiger partial charge in [-0.1, -0.05) is 152 Å². The van der Waals surface area contributed by atoms with Crippen molar-refractivity contribution < 1.29 is 8.83 Å². The summed E-state index contributed by atoms with van der Waals surface area (Å²) in [5, 5.41) is 4.26. The van der Waals surface area contributed by atoms with Gasteiger partial charge < -0.3 is 8.83 Å². The monoisotopic (exact) mass is 717 g/mol. The summed E-state index contributed by atoms with van der Waals surface area (Å²) in [6, 6.07) is 64.5. The zero-order valence-corrected chi connectivity index (χ0v) is 30.1. The van der Waals surface area contributed by atoms with Crippen LogP contribution in [0.3, 0.4) is 0 Å². The molecule has 0 bridgehead atoms. The topological polar surface area (TPSA) is 65.0 Å². The van der Waals surface area contributed by atoms with E-state index >= 15 is 0 Å². The number of hydrogen-bond acceptors (Lipinski definition) is 5. The van der Waals surface area contributed by atoms with Crippen LogP contribution in [-0.2, 0) is 0 Å². The lowest BCUT2D eigenvalue weighted by molar-refractivity contribution is 0.669. The smallest absolute Gasteiger partial charge is 0.164 e. The lowest BCUT2D eigenvalue weighted by Gasteiger charge is -2.09. The average Bonchev–Trinajstić information content (AvgIpc) is 3.85. The first-order valence-corrected chi connectivity index (χ1v) is 18.7. The summed E-state index contributed by atoms with van der Waals surface area (Å²) in [4.78, 5) is 14.9. The van der Waals surface area contributed by atoms with E-state index < -0.39 is 0 Å². The van der Waals surface area contributed by atoms with Gasteiger partial charge in [0.2, 0.25) is 0 Å². The van der Waals surface area contributed by atoms with E-state index in [1.165, 1.54) is 0 Å². The molecule has 0 aliphatic rings. The van der Waals surface area contributed by atoms with Crippen LogP contribution in [-0.4, -0.2) is 15.0 Å². The second kappa shape index (κ2) is 13.0. The second-order valence-corrected chi connectivity index (χ2v) is 14.0. The Morgan fingerprint density at radius 3 is 1.54 bits per heavy atom. The highest BCUT2D eigenvalue weighted by atomic mass is 16.3. The minimum atomic E-state index is 0.580. The highest BCUT2D eigenvalue weighted by molar-refractivity contribution is 6.17. The maximum absolute atomic E-state index is 6.56. The van der Waals surface area contributed by atoms with Crippen molar-refractivity contribution in [1.29, 1.82) is 0 Å². The van der Waals surface area contributed by atoms with E-state index in [4.69, 9.17) is 23.8 Å². The van der Waals surface area contributed by atoms with E-state index in [1.54, 1.807) is 0 Å². The largest absolute Gasteiger partial charge is 0.456 e. The summed E-state index contributed by atoms with van der Waals surface area (Å²) < 4.78 is 13.1. The van der Waals surface area contributed by atoms with E-state index in [-0.39, 0.29) is 0 Å². The molecule has 11 aromatic rings. The van der Waals surface area contributed by atoms with Gasteiger partial charge in [0.1, 0.15) is 22.3 Å². The van der Waals surface area contributed by atoms with E-state index in [9.17, 15) is 0 Å². The van der Waals surface area contributed by atoms with Crippen molar-refractivity contribution in [1.82, 2.24) is 15.0 Å². The number of rotatable bonds is 6. The summed E-state index contributed by atoms with van der Waals surface area (Å²) in [5.41, 5.74) is 12.7. The van der Waals surface area contributed by atoms with Crippen LogP contribution >= 0.6 is 0 Å². The van der Waals surface area contributed by atoms with E-state index in [0.717, 1.165) is 93.9 Å². The molecule has 0 spiro atoms. The molecule has 3 heterocycles. The van der Waals surface area contributed by atoms with Gasteiger partial charge in [0.25, 0.3) is 0 Å². The molecule has 0 saturated carbocycles. The first-order chi connectivity index (χ1) is 27.7. The summed E-state index contributed by atoms with van der Waals surface area (Å²) in [6.45, 7) is 0. The Hall–Kier alpha value is -7.63. The van der Waals surface area contributed by atoms with Crippen LogP contribution in [0.5, 0.6) is 0 Å². The fourth-order valence-corrected chi connectivity index (χ4v) is 7.79. The lowest BCUT2D eigenvalue weighted by Crippen LogP contribution is -2.00. The highest BCUT2D eigenvalue weighted by Gasteiger charge is 2.19. The predicted octanol–water partition coefficient (Wildman–Crippen LogP) is 13.7. The maximum atomic E-state index is 6.56. The zero-order valence-electron chi connectivity index (χ0n) is 30.1. The number of aromatic nitrogens is 3. The third-order valence-corrected chi connectivity index (χ3v) is 10.6. The fourth-order valence-electron chi connectivity index (χ4n) is 7.79. The third kappa shape index (κ3) is 5.45. The van der Waals surface area contributed by atoms with Gasteiger partial charge in [-0.3, -0.25) is 0 Å². The molecule has 0 radical (unpaired) electrons. The number of para-hydroxylation sites is 1. The van der Waals surface area contributed by atoms with Crippen LogP contribution in [0, 0.1) is 0 Å². The first kappa shape index (κ1) is 31.9. The van der Waals surface area contributed by atoms with Crippen molar-refractivity contribution in [3.05, 3.63) is 188 Å². The third-order valence-electron chi connectivity index (χ3n) is 10.6. The average molecular weight is 718 g/mol. The summed E-state index contributed by atoms with van der Waals surface area (Å²) in [5.74, 6) is 1.80. The summed E-state index contributed by atoms with van der Waals surface area (Å²) in [7, 11) is 0. The molecular weight excluding hydrogens is 687 g/mol. The van der Waals surface area contributed by atoms with Crippen molar-refractivity contribution in [2.24, 2.45) is 0 Å². The Balaban J connectivity index is 1.02. The Morgan fingerprint density at radius 1 is 0.286 bits per heavy atom. The van der Waals surface area contributed by atoms with Crippen molar-refractivity contribution in [2.75, 3.05) is 0 Å². The standard InChI is InChI=1S/C51H31N3O2/c1-4-12-32(13-5-1)33-20-22-36(23-21-33)50-52-49(35-16-8-3-9-17-35)53-51(54-50)38-24-26-41-43-30-37(25-29-45(43)55-46(41)31-38)39-27-28-40(34-14-6-2-7-15-34)48-47(39)42-18-10-11-19-44(42)56-48/h1-31H. The van der Waals surface area contributed by atoms with Crippen molar-refractivity contribution in [3.63, 3.8) is 0 Å². The molecule has 5 heteroatoms. The molecule has 8 aromatic carbocycles. The van der Waals surface area contributed by atoms with Crippen molar-refractivity contribution in [3.8, 4) is 67.5 Å². The van der Waals surface area contributed by atoms with Crippen LogP contribution in [0.4, 0.5) is 0 Å². The molecule has 0 N–H and O–H groups in total. The normalized spacial score (nSPS) is 11.6. The Kier molecular flexibility index (Phi) is 7.42. The van der Waals surface area contributed by atoms with Gasteiger partial charge in [0.05, 0.1) is 0 Å². The zero-order chi connectivity index (χ0) is 37.0. The van der Waals surface area contributed by atoms with Crippen LogP contribution in [0.1, 0.15) is 0 Å². The molecular formula is C51H31N3O2. The summed E-state index contributed by atoms with van der Waals surface area (Å²) in [6.07, 6.45) is 0. The number of fused-ring (bicyclic) bond motifs is 6. The number of furan rings is 2. The molecule has 56 heavy (non-hydrogen) atoms. The van der Waals surface area contributed by atoms with Gasteiger partial charge in [-0.15, -0.1) is 0 Å². The van der Waals surface area contributed by atoms with Gasteiger partial charge in [-0.25, -0.2) is 15.0 Å². The molecule has 5 nitrogen and oxygen atoms in total. The van der Waals surface area contributed by atoms with E-state index in [0.29, 0.717) is 17.5 Å². The molecule has 0 aliphatic carbocycles. The first-order valence-electron chi connectivity index (χ1n) is 18.7. The molecule has 0 fully saturated rings. The molecule has 11 rings (SSSR count). The molecule has 262 valence electrons. The van der Waals surface area contributed by atoms with Crippen LogP contribution < -0.4 is 0 Å². The molecule has 0 unspecified atom stereocenters. The molecule has 0 amide bonds. The lowest BCUT2D eigenvalue weighted by atomic mass is 9.94. The fraction of sp³-hybridized carbons (Fsp3) is 0. The minimum absolute atomic E-state index is 0.580. The number of benzene rings is 8. The van der Waals surface area contributed by atoms with Gasteiger partial charge in [-0.2, -0.15) is 0 Å². The van der Waals surface area contributed by atoms with Crippen molar-refractivity contribution >= 4 is 43.9 Å². The minimum Gasteiger partial charge on any atom is -0.456 e. The Bertz CT molecular complexity index is 3220. The quantitative estimate of drug-likeness (QED) is 0.171. The predicted molar refractivity (Wildman–Crippen MR) is 227 cm³/mol. The second-order valence-electron chi connectivity index (χ2n) is 14.0. The van der Waals surface area contributed by atoms with E-state index in [2.05, 4.69) is 127 Å². The maximum Gasteiger partial charge on any atom is 0.164 e. The summed E-state index contributed by atoms with van der Waals surface area (Å²) >= 11 is 0. The van der Waals surface area contributed by atoms with Gasteiger partial charge >= 0.3 is 0 Å². The van der Waals surface area contributed by atoms with Crippen LogP contribution in [0.15, 0.2) is 197 Å². The highest BCUT2D eigenvalue weighted by Crippen LogP contribution is 2.43. The Labute approximate surface area is 322 Å². The van der Waals surface area contributed by atoms with Crippen molar-refractivity contribution in [2.45, 2.75) is 0 Å². The van der Waals surface area contributed by atoms with Gasteiger partial charge in [0.15, 0.2) is 17.5 Å². The van der Waals surface area contributed by atoms with E-state index in [1.807, 2.05) is 60.7 Å². The van der Waals surface area contributed by atoms with Gasteiger partial charge in [0, 0.05) is 43.8 Å². The number of nitrogens with zero attached hydrogens (tertiary/aromatic N) is 3. The molecule has 0 saturated heterocycles. The van der Waals surface area contributed by atoms with Crippen LogP contribution in [0.2, 0.25) is 0 Å². The number of hydrogen-bond donors (Lipinski definition) is 0. The Morgan fingerprint density at radius 2 is 0.804 bits per heavy atom. The van der Waals surface area contributed by atoms with Crippen LogP contribution in [0.25, 0.3) is 111 Å². The molecule has 3 aromatic heterocycles. The molecule has 0 atom stereocenters.